The van der Waals surface area contributed by atoms with E-state index in [1.165, 1.54) is 0 Å². The molecule has 0 aromatic rings. The molecule has 16 heavy (non-hydrogen) atoms. The van der Waals surface area contributed by atoms with E-state index in [1.54, 1.807) is 6.92 Å². The Morgan fingerprint density at radius 3 is 2.75 bits per heavy atom. The molecule has 1 saturated heterocycles. The van der Waals surface area contributed by atoms with Gasteiger partial charge < -0.3 is 10.1 Å². The highest BCUT2D eigenvalue weighted by Gasteiger charge is 2.28. The van der Waals surface area contributed by atoms with Crippen LogP contribution in [0.5, 0.6) is 0 Å². The predicted octanol–water partition coefficient (Wildman–Crippen LogP) is 0.201. The van der Waals surface area contributed by atoms with Crippen molar-refractivity contribution in [1.29, 1.82) is 0 Å². The van der Waals surface area contributed by atoms with Crippen molar-refractivity contribution in [1.82, 2.24) is 5.32 Å². The molecule has 88 valence electrons. The highest BCUT2D eigenvalue weighted by molar-refractivity contribution is 5.95. The molecule has 1 fully saturated rings. The lowest BCUT2D eigenvalue weighted by molar-refractivity contribution is -0.142. The third-order valence-corrected chi connectivity index (χ3v) is 2.35. The molecular weight excluding hydrogens is 210 g/mol. The molecule has 0 aromatic heterocycles. The molecule has 1 atom stereocenters. The summed E-state index contributed by atoms with van der Waals surface area (Å²) < 4.78 is 4.74. The SMILES string of the molecule is C=C(C)C(=O)NCC(=O)CC1CCOC1=O. The maximum Gasteiger partial charge on any atom is 0.309 e. The first kappa shape index (κ1) is 12.4. The molecule has 1 aliphatic rings. The zero-order valence-corrected chi connectivity index (χ0v) is 9.25. The second-order valence-electron chi connectivity index (χ2n) is 3.86. The van der Waals surface area contributed by atoms with Gasteiger partial charge >= 0.3 is 5.97 Å². The molecule has 1 amide bonds. The quantitative estimate of drug-likeness (QED) is 0.536. The minimum Gasteiger partial charge on any atom is -0.465 e. The van der Waals surface area contributed by atoms with Crippen LogP contribution < -0.4 is 5.32 Å². The summed E-state index contributed by atoms with van der Waals surface area (Å²) in [5.41, 5.74) is 0.355. The molecule has 5 heteroatoms. The minimum atomic E-state index is -0.345. The summed E-state index contributed by atoms with van der Waals surface area (Å²) in [4.78, 5) is 33.6. The third-order valence-electron chi connectivity index (χ3n) is 2.35. The van der Waals surface area contributed by atoms with Crippen LogP contribution in [0.4, 0.5) is 0 Å². The van der Waals surface area contributed by atoms with Crippen LogP contribution in [-0.2, 0) is 19.1 Å². The van der Waals surface area contributed by atoms with Gasteiger partial charge in [0, 0.05) is 12.0 Å². The van der Waals surface area contributed by atoms with Gasteiger partial charge in [-0.2, -0.15) is 0 Å². The van der Waals surface area contributed by atoms with Crippen molar-refractivity contribution in [2.75, 3.05) is 13.2 Å². The summed E-state index contributed by atoms with van der Waals surface area (Å²) in [6, 6.07) is 0. The Labute approximate surface area is 93.8 Å². The molecule has 1 unspecified atom stereocenters. The molecule has 5 nitrogen and oxygen atoms in total. The Morgan fingerprint density at radius 1 is 1.56 bits per heavy atom. The van der Waals surface area contributed by atoms with Crippen LogP contribution >= 0.6 is 0 Å². The molecule has 1 aliphatic heterocycles. The van der Waals surface area contributed by atoms with Gasteiger partial charge in [0.15, 0.2) is 5.78 Å². The molecule has 1 rings (SSSR count). The number of amides is 1. The first-order chi connectivity index (χ1) is 7.50. The molecular formula is C11H15NO4. The Morgan fingerprint density at radius 2 is 2.25 bits per heavy atom. The second-order valence-corrected chi connectivity index (χ2v) is 3.86. The van der Waals surface area contributed by atoms with Crippen LogP contribution in [0.25, 0.3) is 0 Å². The number of ether oxygens (including phenoxy) is 1. The largest absolute Gasteiger partial charge is 0.465 e. The lowest BCUT2D eigenvalue weighted by Gasteiger charge is -2.06. The summed E-state index contributed by atoms with van der Waals surface area (Å²) in [6.45, 7) is 5.34. The maximum absolute atomic E-state index is 11.4. The fourth-order valence-electron chi connectivity index (χ4n) is 1.40. The van der Waals surface area contributed by atoms with Crippen LogP contribution in [0.3, 0.4) is 0 Å². The van der Waals surface area contributed by atoms with Gasteiger partial charge in [0.2, 0.25) is 5.91 Å². The van der Waals surface area contributed by atoms with E-state index in [0.717, 1.165) is 0 Å². The fraction of sp³-hybridized carbons (Fsp3) is 0.545. The Kier molecular flexibility index (Phi) is 4.22. The Bertz CT molecular complexity index is 335. The van der Waals surface area contributed by atoms with Gasteiger partial charge in [0.25, 0.3) is 0 Å². The highest BCUT2D eigenvalue weighted by Crippen LogP contribution is 2.17. The lowest BCUT2D eigenvalue weighted by Crippen LogP contribution is -2.31. The number of Topliss-reactive ketones (excluding diaryl/α,β-unsaturated/α-hetero) is 1. The molecule has 0 radical (unpaired) electrons. The van der Waals surface area contributed by atoms with Crippen LogP contribution in [0.2, 0.25) is 0 Å². The summed E-state index contributed by atoms with van der Waals surface area (Å²) in [7, 11) is 0. The zero-order valence-electron chi connectivity index (χ0n) is 9.25. The smallest absolute Gasteiger partial charge is 0.309 e. The maximum atomic E-state index is 11.4. The van der Waals surface area contributed by atoms with Crippen molar-refractivity contribution in [3.63, 3.8) is 0 Å². The van der Waals surface area contributed by atoms with Crippen LogP contribution in [0.1, 0.15) is 19.8 Å². The number of hydrogen-bond acceptors (Lipinski definition) is 4. The van der Waals surface area contributed by atoms with Gasteiger partial charge in [-0.25, -0.2) is 0 Å². The number of carbonyl (C=O) groups is 3. The Balaban J connectivity index is 2.28. The van der Waals surface area contributed by atoms with Crippen molar-refractivity contribution in [3.05, 3.63) is 12.2 Å². The van der Waals surface area contributed by atoms with Gasteiger partial charge in [-0.1, -0.05) is 6.58 Å². The summed E-state index contributed by atoms with van der Waals surface area (Å²) in [5, 5.41) is 2.43. The first-order valence-corrected chi connectivity index (χ1v) is 5.12. The predicted molar refractivity (Wildman–Crippen MR) is 56.5 cm³/mol. The number of esters is 1. The normalized spacial score (nSPS) is 19.1. The van der Waals surface area contributed by atoms with Crippen LogP contribution in [-0.4, -0.2) is 30.8 Å². The van der Waals surface area contributed by atoms with Crippen LogP contribution in [0, 0.1) is 5.92 Å². The molecule has 0 aliphatic carbocycles. The van der Waals surface area contributed by atoms with Crippen molar-refractivity contribution >= 4 is 17.7 Å². The number of nitrogens with one attached hydrogen (secondary N) is 1. The van der Waals surface area contributed by atoms with Gasteiger partial charge in [-0.05, 0) is 13.3 Å². The summed E-state index contributed by atoms with van der Waals surface area (Å²) in [5.74, 6) is -1.17. The van der Waals surface area contributed by atoms with Crippen LogP contribution in [0.15, 0.2) is 12.2 Å². The van der Waals surface area contributed by atoms with Gasteiger partial charge in [-0.15, -0.1) is 0 Å². The molecule has 1 heterocycles. The lowest BCUT2D eigenvalue weighted by atomic mass is 10.0. The van der Waals surface area contributed by atoms with E-state index in [4.69, 9.17) is 4.74 Å². The first-order valence-electron chi connectivity index (χ1n) is 5.12. The fourth-order valence-corrected chi connectivity index (χ4v) is 1.40. The average molecular weight is 225 g/mol. The Hall–Kier alpha value is -1.65. The van der Waals surface area contributed by atoms with E-state index in [1.807, 2.05) is 0 Å². The van der Waals surface area contributed by atoms with Gasteiger partial charge in [-0.3, -0.25) is 14.4 Å². The molecule has 0 spiro atoms. The van der Waals surface area contributed by atoms with Crippen molar-refractivity contribution < 1.29 is 19.1 Å². The molecule has 0 saturated carbocycles. The average Bonchev–Trinajstić information content (AvgIpc) is 2.60. The number of rotatable bonds is 5. The number of hydrogen-bond donors (Lipinski definition) is 1. The number of cyclic esters (lactones) is 1. The van der Waals surface area contributed by atoms with Crippen molar-refractivity contribution in [3.8, 4) is 0 Å². The standard InChI is InChI=1S/C11H15NO4/c1-7(2)10(14)12-6-9(13)5-8-3-4-16-11(8)15/h8H,1,3-6H2,2H3,(H,12,14). The summed E-state index contributed by atoms with van der Waals surface area (Å²) in [6.07, 6.45) is 0.717. The van der Waals surface area contributed by atoms with E-state index in [0.29, 0.717) is 18.6 Å². The summed E-state index contributed by atoms with van der Waals surface area (Å²) >= 11 is 0. The van der Waals surface area contributed by atoms with Crippen molar-refractivity contribution in [2.24, 2.45) is 5.92 Å². The zero-order chi connectivity index (χ0) is 12.1. The number of carbonyl (C=O) groups excluding carboxylic acids is 3. The van der Waals surface area contributed by atoms with E-state index in [2.05, 4.69) is 11.9 Å². The van der Waals surface area contributed by atoms with E-state index in [-0.39, 0.29) is 36.5 Å². The van der Waals surface area contributed by atoms with Gasteiger partial charge in [0.1, 0.15) is 0 Å². The van der Waals surface area contributed by atoms with Crippen molar-refractivity contribution in [2.45, 2.75) is 19.8 Å². The second kappa shape index (κ2) is 5.44. The molecule has 1 N–H and O–H groups in total. The monoisotopic (exact) mass is 225 g/mol. The van der Waals surface area contributed by atoms with Gasteiger partial charge in [0.05, 0.1) is 19.1 Å². The molecule has 0 bridgehead atoms. The van der Waals surface area contributed by atoms with E-state index in [9.17, 15) is 14.4 Å². The number of ketones is 1. The third kappa shape index (κ3) is 3.49. The topological polar surface area (TPSA) is 72.5 Å². The highest BCUT2D eigenvalue weighted by atomic mass is 16.5. The minimum absolute atomic E-state index is 0.0600. The van der Waals surface area contributed by atoms with E-state index >= 15 is 0 Å². The van der Waals surface area contributed by atoms with E-state index < -0.39 is 0 Å². The molecule has 0 aromatic carbocycles.